The van der Waals surface area contributed by atoms with E-state index in [9.17, 15) is 10.2 Å². The number of benzene rings is 2. The summed E-state index contributed by atoms with van der Waals surface area (Å²) < 4.78 is 0. The van der Waals surface area contributed by atoms with E-state index >= 15 is 0 Å². The van der Waals surface area contributed by atoms with E-state index in [1.807, 2.05) is 24.3 Å². The Labute approximate surface area is 114 Å². The average Bonchev–Trinajstić information content (AvgIpc) is 2.89. The van der Waals surface area contributed by atoms with Crippen LogP contribution in [0.2, 0.25) is 0 Å². The summed E-state index contributed by atoms with van der Waals surface area (Å²) >= 11 is 1.46. The van der Waals surface area contributed by atoms with Crippen molar-refractivity contribution in [1.82, 2.24) is 5.43 Å². The van der Waals surface area contributed by atoms with E-state index in [-0.39, 0.29) is 16.9 Å². The lowest BCUT2D eigenvalue weighted by molar-refractivity contribution is 0.464. The van der Waals surface area contributed by atoms with Crippen LogP contribution in [0, 0.1) is 0 Å². The van der Waals surface area contributed by atoms with E-state index in [0.29, 0.717) is 10.6 Å². The van der Waals surface area contributed by atoms with E-state index in [1.165, 1.54) is 11.8 Å². The highest BCUT2D eigenvalue weighted by atomic mass is 32.2. The first-order chi connectivity index (χ1) is 9.25. The zero-order chi connectivity index (χ0) is 13.2. The number of hydrogen-bond acceptors (Lipinski definition) is 5. The molecule has 0 aliphatic carbocycles. The van der Waals surface area contributed by atoms with Gasteiger partial charge in [-0.15, -0.1) is 0 Å². The maximum absolute atomic E-state index is 9.83. The number of nitrogens with zero attached hydrogens (tertiary/aromatic N) is 1. The lowest BCUT2D eigenvalue weighted by Crippen LogP contribution is -2.06. The molecule has 2 aromatic rings. The Bertz CT molecular complexity index is 643. The van der Waals surface area contributed by atoms with Crippen LogP contribution in [-0.2, 0) is 0 Å². The van der Waals surface area contributed by atoms with Gasteiger partial charge in [-0.3, -0.25) is 5.43 Å². The minimum atomic E-state index is -0.143. The number of para-hydroxylation sites is 2. The van der Waals surface area contributed by atoms with Gasteiger partial charge in [-0.25, -0.2) is 0 Å². The minimum absolute atomic E-state index is 0.143. The van der Waals surface area contributed by atoms with E-state index in [0.717, 1.165) is 5.56 Å². The monoisotopic (exact) mass is 272 g/mol. The van der Waals surface area contributed by atoms with Crippen molar-refractivity contribution in [2.75, 3.05) is 0 Å². The summed E-state index contributed by atoms with van der Waals surface area (Å²) in [4.78, 5) is 0. The molecule has 3 N–H and O–H groups in total. The smallest absolute Gasteiger partial charge is 0.129 e. The molecule has 5 heteroatoms. The van der Waals surface area contributed by atoms with Gasteiger partial charge in [0.25, 0.3) is 0 Å². The fourth-order valence-corrected chi connectivity index (χ4v) is 2.96. The van der Waals surface area contributed by atoms with Gasteiger partial charge in [0, 0.05) is 5.56 Å². The van der Waals surface area contributed by atoms with Crippen LogP contribution in [0.5, 0.6) is 11.5 Å². The van der Waals surface area contributed by atoms with Gasteiger partial charge in [0.05, 0.1) is 5.56 Å². The quantitative estimate of drug-likeness (QED) is 0.786. The molecule has 3 rings (SSSR count). The molecular formula is C14H12N2O2S. The molecule has 0 saturated carbocycles. The van der Waals surface area contributed by atoms with Crippen molar-refractivity contribution >= 4 is 16.8 Å². The van der Waals surface area contributed by atoms with Gasteiger partial charge in [0.2, 0.25) is 0 Å². The summed E-state index contributed by atoms with van der Waals surface area (Å²) in [5, 5.41) is 24.4. The molecule has 1 heterocycles. The first kappa shape index (κ1) is 11.9. The van der Waals surface area contributed by atoms with Crippen LogP contribution in [0.3, 0.4) is 0 Å². The maximum Gasteiger partial charge on any atom is 0.129 e. The molecule has 0 spiro atoms. The molecule has 0 saturated heterocycles. The van der Waals surface area contributed by atoms with E-state index in [1.54, 1.807) is 24.3 Å². The molecule has 0 aromatic heterocycles. The summed E-state index contributed by atoms with van der Waals surface area (Å²) in [6, 6.07) is 14.2. The Hall–Kier alpha value is -2.14. The third-order valence-corrected chi connectivity index (χ3v) is 4.00. The zero-order valence-electron chi connectivity index (χ0n) is 9.95. The predicted octanol–water partition coefficient (Wildman–Crippen LogP) is 2.79. The van der Waals surface area contributed by atoms with Gasteiger partial charge in [-0.2, -0.15) is 5.10 Å². The third-order valence-electron chi connectivity index (χ3n) is 2.87. The number of rotatable bonds is 2. The molecule has 1 atom stereocenters. The highest BCUT2D eigenvalue weighted by Crippen LogP contribution is 2.39. The molecule has 19 heavy (non-hydrogen) atoms. The molecule has 1 aliphatic heterocycles. The Kier molecular flexibility index (Phi) is 3.05. The first-order valence-corrected chi connectivity index (χ1v) is 6.70. The summed E-state index contributed by atoms with van der Waals surface area (Å²) in [5.41, 5.74) is 4.44. The van der Waals surface area contributed by atoms with Gasteiger partial charge in [0.15, 0.2) is 0 Å². The maximum atomic E-state index is 9.83. The standard InChI is InChI=1S/C14H12N2O2S/c17-11-7-3-1-5-9(11)13-15-16-14(19-13)10-6-2-4-8-12(10)18/h1-8,13,15,17-18H/t13-/m1/s1. The van der Waals surface area contributed by atoms with Crippen LogP contribution >= 0.6 is 11.8 Å². The summed E-state index contributed by atoms with van der Waals surface area (Å²) in [6.45, 7) is 0. The van der Waals surface area contributed by atoms with Crippen LogP contribution in [0.4, 0.5) is 0 Å². The molecule has 0 amide bonds. The van der Waals surface area contributed by atoms with E-state index in [4.69, 9.17) is 0 Å². The summed E-state index contributed by atoms with van der Waals surface area (Å²) in [6.07, 6.45) is 0. The number of hydrazone groups is 1. The molecule has 0 unspecified atom stereocenters. The summed E-state index contributed by atoms with van der Waals surface area (Å²) in [7, 11) is 0. The fourth-order valence-electron chi connectivity index (χ4n) is 1.90. The molecule has 0 bridgehead atoms. The first-order valence-electron chi connectivity index (χ1n) is 5.82. The van der Waals surface area contributed by atoms with Crippen molar-refractivity contribution in [3.05, 3.63) is 59.7 Å². The van der Waals surface area contributed by atoms with E-state index in [2.05, 4.69) is 10.5 Å². The number of phenolic OH excluding ortho intramolecular Hbond substituents is 2. The second-order valence-corrected chi connectivity index (χ2v) is 5.21. The molecule has 0 fully saturated rings. The minimum Gasteiger partial charge on any atom is -0.508 e. The number of aromatic hydroxyl groups is 2. The Morgan fingerprint density at radius 1 is 0.947 bits per heavy atom. The van der Waals surface area contributed by atoms with Crippen LogP contribution in [0.25, 0.3) is 0 Å². The summed E-state index contributed by atoms with van der Waals surface area (Å²) in [5.74, 6) is 0.440. The van der Waals surface area contributed by atoms with Gasteiger partial charge < -0.3 is 10.2 Å². The number of phenols is 2. The normalized spacial score (nSPS) is 17.9. The number of thioether (sulfide) groups is 1. The Morgan fingerprint density at radius 2 is 1.63 bits per heavy atom. The highest BCUT2D eigenvalue weighted by molar-refractivity contribution is 8.14. The second-order valence-electron chi connectivity index (χ2n) is 4.12. The third kappa shape index (κ3) is 2.24. The van der Waals surface area contributed by atoms with Crippen molar-refractivity contribution in [1.29, 1.82) is 0 Å². The topological polar surface area (TPSA) is 64.9 Å². The Balaban J connectivity index is 1.85. The average molecular weight is 272 g/mol. The highest BCUT2D eigenvalue weighted by Gasteiger charge is 2.25. The predicted molar refractivity (Wildman–Crippen MR) is 76.2 cm³/mol. The van der Waals surface area contributed by atoms with Crippen molar-refractivity contribution < 1.29 is 10.2 Å². The largest absolute Gasteiger partial charge is 0.508 e. The zero-order valence-corrected chi connectivity index (χ0v) is 10.8. The lowest BCUT2D eigenvalue weighted by Gasteiger charge is -2.11. The molecule has 0 radical (unpaired) electrons. The van der Waals surface area contributed by atoms with Crippen LogP contribution in [0.1, 0.15) is 16.5 Å². The second kappa shape index (κ2) is 4.85. The number of nitrogens with one attached hydrogen (secondary N) is 1. The Morgan fingerprint density at radius 3 is 2.37 bits per heavy atom. The van der Waals surface area contributed by atoms with Crippen LogP contribution < -0.4 is 5.43 Å². The molecular weight excluding hydrogens is 260 g/mol. The van der Waals surface area contributed by atoms with E-state index < -0.39 is 0 Å². The van der Waals surface area contributed by atoms with Crippen molar-refractivity contribution in [2.45, 2.75) is 5.37 Å². The lowest BCUT2D eigenvalue weighted by atomic mass is 10.2. The molecule has 96 valence electrons. The van der Waals surface area contributed by atoms with Gasteiger partial charge in [-0.1, -0.05) is 42.1 Å². The van der Waals surface area contributed by atoms with Gasteiger partial charge in [0.1, 0.15) is 21.9 Å². The molecule has 2 aromatic carbocycles. The molecule has 4 nitrogen and oxygen atoms in total. The van der Waals surface area contributed by atoms with Crippen molar-refractivity contribution in [3.63, 3.8) is 0 Å². The van der Waals surface area contributed by atoms with Crippen LogP contribution in [0.15, 0.2) is 53.6 Å². The van der Waals surface area contributed by atoms with Crippen molar-refractivity contribution in [3.8, 4) is 11.5 Å². The van der Waals surface area contributed by atoms with Gasteiger partial charge in [-0.05, 0) is 18.2 Å². The van der Waals surface area contributed by atoms with Crippen molar-refractivity contribution in [2.24, 2.45) is 5.10 Å². The fraction of sp³-hybridized carbons (Fsp3) is 0.0714. The van der Waals surface area contributed by atoms with Gasteiger partial charge >= 0.3 is 0 Å². The van der Waals surface area contributed by atoms with Crippen LogP contribution in [-0.4, -0.2) is 15.3 Å². The molecule has 1 aliphatic rings. The number of hydrogen-bond donors (Lipinski definition) is 3. The SMILES string of the molecule is Oc1ccccc1C1=NN[C@@H](c2ccccc2O)S1.